The fourth-order valence-corrected chi connectivity index (χ4v) is 1.39. The van der Waals surface area contributed by atoms with Crippen LogP contribution in [0.4, 0.5) is 9.32 Å². The number of benzene rings is 1. The Morgan fingerprint density at radius 1 is 1.39 bits per heavy atom. The van der Waals surface area contributed by atoms with E-state index in [0.717, 1.165) is 0 Å². The third kappa shape index (κ3) is 3.55. The van der Waals surface area contributed by atoms with Crippen LogP contribution in [0, 0.1) is 0 Å². The van der Waals surface area contributed by atoms with Crippen molar-refractivity contribution in [2.24, 2.45) is 5.73 Å². The van der Waals surface area contributed by atoms with Crippen LogP contribution in [0.5, 0.6) is 5.75 Å². The van der Waals surface area contributed by atoms with Gasteiger partial charge in [0.05, 0.1) is 0 Å². The second kappa shape index (κ2) is 6.33. The first-order valence-corrected chi connectivity index (χ1v) is 4.95. The zero-order valence-electron chi connectivity index (χ0n) is 9.22. The fraction of sp³-hybridized carbons (Fsp3) is 0.182. The Balaban J connectivity index is 2.99. The molecule has 1 amide bonds. The lowest BCUT2D eigenvalue weighted by Crippen LogP contribution is -2.15. The minimum Gasteiger partial charge on any atom is -0.393 e. The number of primary amides is 1. The monoisotopic (exact) mass is 255 g/mol. The Morgan fingerprint density at radius 3 is 2.67 bits per heavy atom. The summed E-state index contributed by atoms with van der Waals surface area (Å²) in [5, 5.41) is 0. The van der Waals surface area contributed by atoms with Gasteiger partial charge in [0.15, 0.2) is 0 Å². The van der Waals surface area contributed by atoms with Crippen LogP contribution in [-0.4, -0.2) is 18.3 Å². The number of rotatable bonds is 5. The van der Waals surface area contributed by atoms with Crippen molar-refractivity contribution < 1.29 is 28.6 Å². The molecule has 1 aromatic rings. The van der Waals surface area contributed by atoms with Crippen molar-refractivity contribution >= 4 is 18.3 Å². The van der Waals surface area contributed by atoms with E-state index in [-0.39, 0.29) is 17.7 Å². The lowest BCUT2D eigenvalue weighted by atomic mass is 10.0. The van der Waals surface area contributed by atoms with E-state index in [0.29, 0.717) is 18.3 Å². The van der Waals surface area contributed by atoms with E-state index >= 15 is 0 Å². The first kappa shape index (κ1) is 13.6. The predicted molar refractivity (Wildman–Crippen MR) is 57.6 cm³/mol. The summed E-state index contributed by atoms with van der Waals surface area (Å²) in [4.78, 5) is 34.8. The van der Waals surface area contributed by atoms with Gasteiger partial charge >= 0.3 is 6.16 Å². The number of aldehydes is 1. The van der Waals surface area contributed by atoms with Crippen LogP contribution in [0.2, 0.25) is 0 Å². The van der Waals surface area contributed by atoms with E-state index in [9.17, 15) is 18.9 Å². The van der Waals surface area contributed by atoms with E-state index in [1.54, 1.807) is 0 Å². The molecule has 7 heteroatoms. The number of aryl methyl sites for hydroxylation is 1. The van der Waals surface area contributed by atoms with E-state index in [1.807, 2.05) is 0 Å². The Kier molecular flexibility index (Phi) is 4.79. The van der Waals surface area contributed by atoms with E-state index < -0.39 is 12.1 Å². The number of carbonyl (C=O) groups excluding carboxylic acids is 3. The first-order chi connectivity index (χ1) is 8.58. The van der Waals surface area contributed by atoms with Crippen molar-refractivity contribution in [3.63, 3.8) is 0 Å². The van der Waals surface area contributed by atoms with Crippen molar-refractivity contribution in [1.82, 2.24) is 0 Å². The zero-order chi connectivity index (χ0) is 13.5. The summed E-state index contributed by atoms with van der Waals surface area (Å²) in [6, 6.07) is 3.98. The Hall–Kier alpha value is -2.44. The highest BCUT2D eigenvalue weighted by molar-refractivity contribution is 5.95. The highest BCUT2D eigenvalue weighted by Gasteiger charge is 2.12. The zero-order valence-corrected chi connectivity index (χ0v) is 9.22. The number of halogens is 1. The van der Waals surface area contributed by atoms with Gasteiger partial charge in [-0.25, -0.2) is 4.94 Å². The second-order valence-corrected chi connectivity index (χ2v) is 3.32. The molecule has 0 saturated carbocycles. The minimum absolute atomic E-state index is 0.0821. The maximum absolute atomic E-state index is 11.5. The summed E-state index contributed by atoms with van der Waals surface area (Å²) in [5.41, 5.74) is 5.78. The van der Waals surface area contributed by atoms with Crippen LogP contribution in [0.15, 0.2) is 18.2 Å². The molecule has 0 aliphatic rings. The van der Waals surface area contributed by atoms with Gasteiger partial charge in [-0.2, -0.15) is 4.79 Å². The minimum atomic E-state index is -1.55. The van der Waals surface area contributed by atoms with Crippen LogP contribution in [0.25, 0.3) is 0 Å². The summed E-state index contributed by atoms with van der Waals surface area (Å²) in [5.74, 6) is -0.823. The molecule has 0 radical (unpaired) electrons. The summed E-state index contributed by atoms with van der Waals surface area (Å²) in [6.07, 6.45) is -0.288. The molecule has 0 spiro atoms. The van der Waals surface area contributed by atoms with Crippen molar-refractivity contribution in [3.05, 3.63) is 29.3 Å². The molecular weight excluding hydrogens is 245 g/mol. The molecule has 0 aliphatic heterocycles. The molecule has 18 heavy (non-hydrogen) atoms. The quantitative estimate of drug-likeness (QED) is 0.486. The molecule has 0 unspecified atom stereocenters. The normalized spacial score (nSPS) is 9.61. The molecular formula is C11H10FNO5. The summed E-state index contributed by atoms with van der Waals surface area (Å²) in [6.45, 7) is 0. The number of carbonyl (C=O) groups is 3. The van der Waals surface area contributed by atoms with Gasteiger partial charge in [-0.05, 0) is 24.1 Å². The Morgan fingerprint density at radius 2 is 2.11 bits per heavy atom. The highest BCUT2D eigenvalue weighted by atomic mass is 19.3. The van der Waals surface area contributed by atoms with Gasteiger partial charge in [-0.15, -0.1) is 0 Å². The molecule has 1 rings (SSSR count). The average Bonchev–Trinajstić information content (AvgIpc) is 2.36. The molecule has 0 aromatic heterocycles. The molecule has 1 aromatic carbocycles. The average molecular weight is 255 g/mol. The van der Waals surface area contributed by atoms with Crippen molar-refractivity contribution in [2.45, 2.75) is 12.8 Å². The van der Waals surface area contributed by atoms with E-state index in [2.05, 4.69) is 9.68 Å². The Labute approximate surface area is 101 Å². The van der Waals surface area contributed by atoms with Gasteiger partial charge in [0.2, 0.25) is 5.91 Å². The number of amides is 1. The smallest absolute Gasteiger partial charge is 0.393 e. The highest BCUT2D eigenvalue weighted by Crippen LogP contribution is 2.19. The lowest BCUT2D eigenvalue weighted by molar-refractivity contribution is -0.107. The van der Waals surface area contributed by atoms with Gasteiger partial charge in [0.1, 0.15) is 12.0 Å². The standard InChI is InChI=1S/C11H10FNO5/c12-18-11(16)17-8-4-3-7(2-1-5-14)9(6-8)10(13)15/h3-6H,1-2H2,(H2,13,15). The van der Waals surface area contributed by atoms with Gasteiger partial charge in [0.25, 0.3) is 0 Å². The maximum Gasteiger partial charge on any atom is 0.550 e. The summed E-state index contributed by atoms with van der Waals surface area (Å²) < 4.78 is 15.9. The van der Waals surface area contributed by atoms with E-state index in [1.165, 1.54) is 18.2 Å². The van der Waals surface area contributed by atoms with Gasteiger partial charge in [-0.3, -0.25) is 4.79 Å². The third-order valence-electron chi connectivity index (χ3n) is 2.14. The number of hydrogen-bond donors (Lipinski definition) is 1. The van der Waals surface area contributed by atoms with Gasteiger partial charge in [0, 0.05) is 16.5 Å². The molecule has 2 N–H and O–H groups in total. The molecule has 0 bridgehead atoms. The molecule has 0 fully saturated rings. The summed E-state index contributed by atoms with van der Waals surface area (Å²) >= 11 is 0. The summed E-state index contributed by atoms with van der Waals surface area (Å²) in [7, 11) is 0. The molecule has 6 nitrogen and oxygen atoms in total. The van der Waals surface area contributed by atoms with Crippen LogP contribution < -0.4 is 10.5 Å². The first-order valence-electron chi connectivity index (χ1n) is 4.95. The van der Waals surface area contributed by atoms with Crippen LogP contribution in [-0.2, 0) is 16.2 Å². The fourth-order valence-electron chi connectivity index (χ4n) is 1.39. The molecule has 96 valence electrons. The Bertz CT molecular complexity index is 475. The third-order valence-corrected chi connectivity index (χ3v) is 2.14. The van der Waals surface area contributed by atoms with Crippen molar-refractivity contribution in [3.8, 4) is 5.75 Å². The number of hydrogen-bond acceptors (Lipinski definition) is 5. The van der Waals surface area contributed by atoms with Crippen LogP contribution >= 0.6 is 0 Å². The van der Waals surface area contributed by atoms with E-state index in [4.69, 9.17) is 5.73 Å². The second-order valence-electron chi connectivity index (χ2n) is 3.32. The topological polar surface area (TPSA) is 95.7 Å². The van der Waals surface area contributed by atoms with Gasteiger partial charge in [-0.1, -0.05) is 6.07 Å². The lowest BCUT2D eigenvalue weighted by Gasteiger charge is -2.07. The van der Waals surface area contributed by atoms with Gasteiger partial charge < -0.3 is 15.3 Å². The SMILES string of the molecule is NC(=O)c1cc(OC(=O)OF)ccc1CCC=O. The molecule has 0 heterocycles. The molecule has 0 atom stereocenters. The number of ether oxygens (including phenoxy) is 1. The maximum atomic E-state index is 11.5. The molecule has 0 aliphatic carbocycles. The van der Waals surface area contributed by atoms with Crippen molar-refractivity contribution in [1.29, 1.82) is 0 Å². The molecule has 0 saturated heterocycles. The number of nitrogens with two attached hydrogens (primary N) is 1. The van der Waals surface area contributed by atoms with Crippen LogP contribution in [0.1, 0.15) is 22.3 Å². The predicted octanol–water partition coefficient (Wildman–Crippen LogP) is 1.32. The van der Waals surface area contributed by atoms with Crippen molar-refractivity contribution in [2.75, 3.05) is 0 Å². The largest absolute Gasteiger partial charge is 0.550 e. The van der Waals surface area contributed by atoms with Crippen LogP contribution in [0.3, 0.4) is 0 Å².